The molecule has 0 saturated heterocycles. The average molecular weight is 220 g/mol. The summed E-state index contributed by atoms with van der Waals surface area (Å²) in [6.07, 6.45) is -4.70. The van der Waals surface area contributed by atoms with Crippen LogP contribution in [0.1, 0.15) is 24.5 Å². The number of aryl methyl sites for hydroxylation is 2. The summed E-state index contributed by atoms with van der Waals surface area (Å²) in [7, 11) is 0. The number of halogens is 4. The van der Waals surface area contributed by atoms with Gasteiger partial charge in [0.15, 0.2) is 0 Å². The van der Waals surface area contributed by atoms with Crippen molar-refractivity contribution in [2.24, 2.45) is 0 Å². The lowest BCUT2D eigenvalue weighted by Crippen LogP contribution is -2.08. The van der Waals surface area contributed by atoms with Gasteiger partial charge in [0.1, 0.15) is 5.82 Å². The van der Waals surface area contributed by atoms with Gasteiger partial charge in [-0.1, -0.05) is 19.1 Å². The van der Waals surface area contributed by atoms with E-state index in [-0.39, 0.29) is 6.42 Å². The van der Waals surface area contributed by atoms with Crippen molar-refractivity contribution < 1.29 is 17.6 Å². The van der Waals surface area contributed by atoms with Crippen LogP contribution in [0.4, 0.5) is 17.6 Å². The van der Waals surface area contributed by atoms with Crippen molar-refractivity contribution in [3.8, 4) is 0 Å². The highest BCUT2D eigenvalue weighted by molar-refractivity contribution is 5.24. The van der Waals surface area contributed by atoms with Gasteiger partial charge in [0.05, 0.1) is 0 Å². The Bertz CT molecular complexity index is 328. The van der Waals surface area contributed by atoms with Crippen LogP contribution in [0, 0.1) is 5.82 Å². The first-order valence-electron chi connectivity index (χ1n) is 4.76. The molecule has 0 N–H and O–H groups in total. The maximum Gasteiger partial charge on any atom is 0.389 e. The molecule has 1 rings (SSSR count). The van der Waals surface area contributed by atoms with Gasteiger partial charge in [0.2, 0.25) is 0 Å². The zero-order chi connectivity index (χ0) is 11.5. The highest BCUT2D eigenvalue weighted by atomic mass is 19.4. The molecule has 0 fully saturated rings. The lowest BCUT2D eigenvalue weighted by molar-refractivity contribution is -0.134. The van der Waals surface area contributed by atoms with Crippen LogP contribution in [0.2, 0.25) is 0 Å². The van der Waals surface area contributed by atoms with Gasteiger partial charge in [-0.05, 0) is 30.0 Å². The van der Waals surface area contributed by atoms with E-state index in [0.29, 0.717) is 17.5 Å². The molecule has 1 aromatic rings. The standard InChI is InChI=1S/C11H12F4/c1-2-9-4-3-8(7-10(9)12)5-6-11(13,14)15/h3-4,7H,2,5-6H2,1H3. The van der Waals surface area contributed by atoms with Crippen LogP contribution in [-0.4, -0.2) is 6.18 Å². The number of rotatable bonds is 3. The third-order valence-corrected chi connectivity index (χ3v) is 2.20. The monoisotopic (exact) mass is 220 g/mol. The van der Waals surface area contributed by atoms with E-state index in [9.17, 15) is 17.6 Å². The summed E-state index contributed by atoms with van der Waals surface area (Å²) in [5.74, 6) is -0.419. The molecule has 0 aliphatic rings. The maximum atomic E-state index is 13.2. The number of alkyl halides is 3. The first kappa shape index (κ1) is 12.0. The van der Waals surface area contributed by atoms with Gasteiger partial charge in [-0.2, -0.15) is 13.2 Å². The Balaban J connectivity index is 2.68. The quantitative estimate of drug-likeness (QED) is 0.678. The van der Waals surface area contributed by atoms with Gasteiger partial charge in [0, 0.05) is 6.42 Å². The molecule has 1 aromatic carbocycles. The van der Waals surface area contributed by atoms with E-state index in [0.717, 1.165) is 0 Å². The Morgan fingerprint density at radius 3 is 2.33 bits per heavy atom. The zero-order valence-corrected chi connectivity index (χ0v) is 8.37. The minimum Gasteiger partial charge on any atom is -0.207 e. The average Bonchev–Trinajstić information content (AvgIpc) is 2.14. The molecule has 0 aromatic heterocycles. The van der Waals surface area contributed by atoms with Crippen LogP contribution in [0.5, 0.6) is 0 Å². The Morgan fingerprint density at radius 2 is 1.87 bits per heavy atom. The van der Waals surface area contributed by atoms with Gasteiger partial charge in [-0.15, -0.1) is 0 Å². The second kappa shape index (κ2) is 4.64. The predicted octanol–water partition coefficient (Wildman–Crippen LogP) is 3.88. The van der Waals surface area contributed by atoms with Gasteiger partial charge >= 0.3 is 6.18 Å². The van der Waals surface area contributed by atoms with Crippen molar-refractivity contribution in [1.29, 1.82) is 0 Å². The third kappa shape index (κ3) is 3.90. The predicted molar refractivity (Wildman–Crippen MR) is 50.2 cm³/mol. The summed E-state index contributed by atoms with van der Waals surface area (Å²) >= 11 is 0. The van der Waals surface area contributed by atoms with E-state index in [1.807, 2.05) is 0 Å². The molecule has 0 aliphatic carbocycles. The third-order valence-electron chi connectivity index (χ3n) is 2.20. The second-order valence-corrected chi connectivity index (χ2v) is 3.39. The minimum absolute atomic E-state index is 0.162. The van der Waals surface area contributed by atoms with Crippen LogP contribution in [0.3, 0.4) is 0 Å². The molecule has 0 amide bonds. The van der Waals surface area contributed by atoms with Crippen LogP contribution in [0.15, 0.2) is 18.2 Å². The Labute approximate surface area is 85.9 Å². The van der Waals surface area contributed by atoms with E-state index in [4.69, 9.17) is 0 Å². The highest BCUT2D eigenvalue weighted by Crippen LogP contribution is 2.22. The maximum absolute atomic E-state index is 13.2. The smallest absolute Gasteiger partial charge is 0.207 e. The van der Waals surface area contributed by atoms with E-state index < -0.39 is 18.4 Å². The van der Waals surface area contributed by atoms with Gasteiger partial charge in [-0.3, -0.25) is 0 Å². The summed E-state index contributed by atoms with van der Waals surface area (Å²) in [5, 5.41) is 0. The number of hydrogen-bond acceptors (Lipinski definition) is 0. The summed E-state index contributed by atoms with van der Waals surface area (Å²) in [6.45, 7) is 1.80. The zero-order valence-electron chi connectivity index (χ0n) is 8.37. The molecule has 0 atom stereocenters. The molecule has 15 heavy (non-hydrogen) atoms. The molecule has 0 radical (unpaired) electrons. The van der Waals surface area contributed by atoms with Crippen LogP contribution in [-0.2, 0) is 12.8 Å². The van der Waals surface area contributed by atoms with Crippen LogP contribution >= 0.6 is 0 Å². The first-order valence-corrected chi connectivity index (χ1v) is 4.76. The van der Waals surface area contributed by atoms with E-state index in [2.05, 4.69) is 0 Å². The minimum atomic E-state index is -4.18. The molecular formula is C11H12F4. The molecular weight excluding hydrogens is 208 g/mol. The number of benzene rings is 1. The lowest BCUT2D eigenvalue weighted by atomic mass is 10.1. The SMILES string of the molecule is CCc1ccc(CCC(F)(F)F)cc1F. The van der Waals surface area contributed by atoms with Crippen molar-refractivity contribution in [2.75, 3.05) is 0 Å². The second-order valence-electron chi connectivity index (χ2n) is 3.39. The van der Waals surface area contributed by atoms with Gasteiger partial charge < -0.3 is 0 Å². The summed E-state index contributed by atoms with van der Waals surface area (Å²) < 4.78 is 48.9. The van der Waals surface area contributed by atoms with Crippen LogP contribution in [0.25, 0.3) is 0 Å². The van der Waals surface area contributed by atoms with Crippen molar-refractivity contribution >= 4 is 0 Å². The van der Waals surface area contributed by atoms with E-state index >= 15 is 0 Å². The van der Waals surface area contributed by atoms with Crippen molar-refractivity contribution in [3.63, 3.8) is 0 Å². The van der Waals surface area contributed by atoms with Gasteiger partial charge in [0.25, 0.3) is 0 Å². The summed E-state index contributed by atoms with van der Waals surface area (Å²) in [6, 6.07) is 4.28. The molecule has 4 heteroatoms. The molecule has 0 heterocycles. The Kier molecular flexibility index (Phi) is 3.72. The summed E-state index contributed by atoms with van der Waals surface area (Å²) in [5.41, 5.74) is 0.924. The lowest BCUT2D eigenvalue weighted by Gasteiger charge is -2.07. The molecule has 0 bridgehead atoms. The molecule has 0 nitrogen and oxygen atoms in total. The van der Waals surface area contributed by atoms with E-state index in [1.165, 1.54) is 6.07 Å². The normalized spacial score (nSPS) is 11.8. The van der Waals surface area contributed by atoms with Crippen molar-refractivity contribution in [2.45, 2.75) is 32.4 Å². The van der Waals surface area contributed by atoms with Crippen LogP contribution < -0.4 is 0 Å². The van der Waals surface area contributed by atoms with Crippen molar-refractivity contribution in [3.05, 3.63) is 35.1 Å². The Morgan fingerprint density at radius 1 is 1.20 bits per heavy atom. The molecule has 0 aliphatic heterocycles. The Hall–Kier alpha value is -1.06. The molecule has 84 valence electrons. The molecule has 0 spiro atoms. The highest BCUT2D eigenvalue weighted by Gasteiger charge is 2.26. The van der Waals surface area contributed by atoms with Crippen molar-refractivity contribution in [1.82, 2.24) is 0 Å². The summed E-state index contributed by atoms with van der Waals surface area (Å²) in [4.78, 5) is 0. The first-order chi connectivity index (χ1) is 6.92. The fourth-order valence-corrected chi connectivity index (χ4v) is 1.32. The van der Waals surface area contributed by atoms with E-state index in [1.54, 1.807) is 19.1 Å². The topological polar surface area (TPSA) is 0 Å². The molecule has 0 saturated carbocycles. The largest absolute Gasteiger partial charge is 0.389 e. The fraction of sp³-hybridized carbons (Fsp3) is 0.455. The fourth-order valence-electron chi connectivity index (χ4n) is 1.32. The number of hydrogen-bond donors (Lipinski definition) is 0. The van der Waals surface area contributed by atoms with Gasteiger partial charge in [-0.25, -0.2) is 4.39 Å². The molecule has 0 unspecified atom stereocenters.